The van der Waals surface area contributed by atoms with Crippen LogP contribution in [0.15, 0.2) is 0 Å². The molecule has 0 amide bonds. The van der Waals surface area contributed by atoms with Gasteiger partial charge in [-0.3, -0.25) is 0 Å². The lowest BCUT2D eigenvalue weighted by atomic mass is 9.95. The van der Waals surface area contributed by atoms with E-state index in [0.29, 0.717) is 0 Å². The quantitative estimate of drug-likeness (QED) is 0.571. The minimum Gasteiger partial charge on any atom is -0.396 e. The van der Waals surface area contributed by atoms with Crippen LogP contribution < -0.4 is 5.32 Å². The molecule has 0 spiro atoms. The number of hydrogen-bond donors (Lipinski definition) is 2. The van der Waals surface area contributed by atoms with Gasteiger partial charge < -0.3 is 15.3 Å². The molecule has 0 aliphatic rings. The molecule has 0 saturated carbocycles. The number of nitrogens with one attached hydrogen (secondary N) is 1. The predicted molar refractivity (Wildman–Crippen MR) is 66.1 cm³/mol. The van der Waals surface area contributed by atoms with Crippen LogP contribution in [0.25, 0.3) is 0 Å². The van der Waals surface area contributed by atoms with Crippen molar-refractivity contribution in [1.29, 1.82) is 0 Å². The summed E-state index contributed by atoms with van der Waals surface area (Å²) < 4.78 is 0. The fraction of sp³-hybridized carbons (Fsp3) is 1.00. The first-order valence-corrected chi connectivity index (χ1v) is 6.09. The highest BCUT2D eigenvalue weighted by Gasteiger charge is 2.15. The van der Waals surface area contributed by atoms with Crippen molar-refractivity contribution >= 4 is 0 Å². The van der Waals surface area contributed by atoms with Crippen LogP contribution in [-0.4, -0.2) is 49.3 Å². The SMILES string of the molecule is CCCN(CC)CCNCC(C)(C)CO. The van der Waals surface area contributed by atoms with Gasteiger partial charge in [-0.25, -0.2) is 0 Å². The summed E-state index contributed by atoms with van der Waals surface area (Å²) in [4.78, 5) is 2.44. The van der Waals surface area contributed by atoms with E-state index in [2.05, 4.69) is 37.9 Å². The molecular weight excluding hydrogens is 188 g/mol. The van der Waals surface area contributed by atoms with Crippen molar-refractivity contribution in [3.8, 4) is 0 Å². The van der Waals surface area contributed by atoms with E-state index in [1.807, 2.05) is 0 Å². The molecule has 0 aliphatic carbocycles. The van der Waals surface area contributed by atoms with E-state index in [0.717, 1.165) is 26.2 Å². The molecule has 0 fully saturated rings. The highest BCUT2D eigenvalue weighted by Crippen LogP contribution is 2.10. The van der Waals surface area contributed by atoms with Crippen molar-refractivity contribution < 1.29 is 5.11 Å². The zero-order valence-electron chi connectivity index (χ0n) is 10.8. The molecule has 0 aromatic carbocycles. The maximum absolute atomic E-state index is 9.08. The maximum Gasteiger partial charge on any atom is 0.0494 e. The second kappa shape index (κ2) is 8.08. The molecular formula is C12H28N2O. The van der Waals surface area contributed by atoms with Gasteiger partial charge in [-0.05, 0) is 19.5 Å². The number of aliphatic hydroxyl groups excluding tert-OH is 1. The van der Waals surface area contributed by atoms with Crippen molar-refractivity contribution in [1.82, 2.24) is 10.2 Å². The Hall–Kier alpha value is -0.120. The molecule has 0 bridgehead atoms. The Morgan fingerprint density at radius 1 is 1.20 bits per heavy atom. The summed E-state index contributed by atoms with van der Waals surface area (Å²) in [6, 6.07) is 0. The Morgan fingerprint density at radius 3 is 2.33 bits per heavy atom. The van der Waals surface area contributed by atoms with E-state index in [-0.39, 0.29) is 12.0 Å². The van der Waals surface area contributed by atoms with Gasteiger partial charge in [0.25, 0.3) is 0 Å². The minimum atomic E-state index is 0.00179. The number of hydrogen-bond acceptors (Lipinski definition) is 3. The Balaban J connectivity index is 3.52. The molecule has 0 heterocycles. The largest absolute Gasteiger partial charge is 0.396 e. The number of rotatable bonds is 9. The zero-order chi connectivity index (χ0) is 11.7. The first kappa shape index (κ1) is 14.9. The van der Waals surface area contributed by atoms with E-state index >= 15 is 0 Å². The van der Waals surface area contributed by atoms with Crippen molar-refractivity contribution in [2.75, 3.05) is 39.3 Å². The Kier molecular flexibility index (Phi) is 8.02. The van der Waals surface area contributed by atoms with Gasteiger partial charge in [0.1, 0.15) is 0 Å². The number of nitrogens with zero attached hydrogens (tertiary/aromatic N) is 1. The monoisotopic (exact) mass is 216 g/mol. The first-order chi connectivity index (χ1) is 7.05. The molecule has 0 saturated heterocycles. The van der Waals surface area contributed by atoms with Gasteiger partial charge in [0.05, 0.1) is 0 Å². The molecule has 0 radical (unpaired) electrons. The van der Waals surface area contributed by atoms with E-state index in [1.165, 1.54) is 13.0 Å². The molecule has 0 atom stereocenters. The lowest BCUT2D eigenvalue weighted by Crippen LogP contribution is -2.38. The van der Waals surface area contributed by atoms with E-state index < -0.39 is 0 Å². The second-order valence-corrected chi connectivity index (χ2v) is 4.93. The molecule has 2 N–H and O–H groups in total. The number of likely N-dealkylation sites (N-methyl/N-ethyl adjacent to an activating group) is 1. The Morgan fingerprint density at radius 2 is 1.87 bits per heavy atom. The van der Waals surface area contributed by atoms with Crippen molar-refractivity contribution in [2.24, 2.45) is 5.41 Å². The summed E-state index contributed by atoms with van der Waals surface area (Å²) in [7, 11) is 0. The van der Waals surface area contributed by atoms with Crippen LogP contribution in [0.3, 0.4) is 0 Å². The van der Waals surface area contributed by atoms with Crippen LogP contribution in [0.2, 0.25) is 0 Å². The third kappa shape index (κ3) is 7.77. The van der Waals surface area contributed by atoms with Crippen LogP contribution >= 0.6 is 0 Å². The lowest BCUT2D eigenvalue weighted by Gasteiger charge is -2.24. The van der Waals surface area contributed by atoms with Crippen molar-refractivity contribution in [3.05, 3.63) is 0 Å². The molecule has 0 unspecified atom stereocenters. The van der Waals surface area contributed by atoms with E-state index in [9.17, 15) is 0 Å². The van der Waals surface area contributed by atoms with Crippen molar-refractivity contribution in [2.45, 2.75) is 34.1 Å². The summed E-state index contributed by atoms with van der Waals surface area (Å²) in [5.74, 6) is 0. The van der Waals surface area contributed by atoms with E-state index in [4.69, 9.17) is 5.11 Å². The first-order valence-electron chi connectivity index (χ1n) is 6.09. The molecule has 0 aromatic rings. The Labute approximate surface area is 94.9 Å². The summed E-state index contributed by atoms with van der Waals surface area (Å²) in [6.07, 6.45) is 1.22. The molecule has 3 heteroatoms. The molecule has 3 nitrogen and oxygen atoms in total. The van der Waals surface area contributed by atoms with Crippen LogP contribution in [0.4, 0.5) is 0 Å². The fourth-order valence-electron chi connectivity index (χ4n) is 1.46. The van der Waals surface area contributed by atoms with Crippen LogP contribution in [0.5, 0.6) is 0 Å². The smallest absolute Gasteiger partial charge is 0.0494 e. The topological polar surface area (TPSA) is 35.5 Å². The van der Waals surface area contributed by atoms with Gasteiger partial charge in [0.15, 0.2) is 0 Å². The zero-order valence-corrected chi connectivity index (χ0v) is 10.8. The van der Waals surface area contributed by atoms with Gasteiger partial charge in [-0.15, -0.1) is 0 Å². The predicted octanol–water partition coefficient (Wildman–Crippen LogP) is 1.33. The van der Waals surface area contributed by atoms with Crippen molar-refractivity contribution in [3.63, 3.8) is 0 Å². The standard InChI is InChI=1S/C12H28N2O/c1-5-8-14(6-2)9-7-13-10-12(3,4)11-15/h13,15H,5-11H2,1-4H3. The molecule has 15 heavy (non-hydrogen) atoms. The fourth-order valence-corrected chi connectivity index (χ4v) is 1.46. The highest BCUT2D eigenvalue weighted by atomic mass is 16.3. The highest BCUT2D eigenvalue weighted by molar-refractivity contribution is 4.70. The normalized spacial score (nSPS) is 12.4. The van der Waals surface area contributed by atoms with Gasteiger partial charge >= 0.3 is 0 Å². The van der Waals surface area contributed by atoms with Gasteiger partial charge in [0.2, 0.25) is 0 Å². The average molecular weight is 216 g/mol. The van der Waals surface area contributed by atoms with Crippen LogP contribution in [0.1, 0.15) is 34.1 Å². The van der Waals surface area contributed by atoms with Gasteiger partial charge in [0, 0.05) is 31.7 Å². The van der Waals surface area contributed by atoms with Crippen LogP contribution in [-0.2, 0) is 0 Å². The molecule has 92 valence electrons. The Bertz CT molecular complexity index is 149. The average Bonchev–Trinajstić information content (AvgIpc) is 2.22. The summed E-state index contributed by atoms with van der Waals surface area (Å²) in [5.41, 5.74) is 0.00179. The third-order valence-electron chi connectivity index (χ3n) is 2.62. The maximum atomic E-state index is 9.08. The second-order valence-electron chi connectivity index (χ2n) is 4.93. The van der Waals surface area contributed by atoms with Crippen LogP contribution in [0, 0.1) is 5.41 Å². The molecule has 0 rings (SSSR count). The number of aliphatic hydroxyl groups is 1. The lowest BCUT2D eigenvalue weighted by molar-refractivity contribution is 0.155. The summed E-state index contributed by atoms with van der Waals surface area (Å²) >= 11 is 0. The van der Waals surface area contributed by atoms with Gasteiger partial charge in [-0.2, -0.15) is 0 Å². The molecule has 0 aliphatic heterocycles. The van der Waals surface area contributed by atoms with E-state index in [1.54, 1.807) is 0 Å². The summed E-state index contributed by atoms with van der Waals surface area (Å²) in [6.45, 7) is 14.1. The third-order valence-corrected chi connectivity index (χ3v) is 2.62. The minimum absolute atomic E-state index is 0.00179. The summed E-state index contributed by atoms with van der Waals surface area (Å²) in [5, 5.41) is 12.5. The van der Waals surface area contributed by atoms with Gasteiger partial charge in [-0.1, -0.05) is 27.7 Å². The molecule has 0 aromatic heterocycles.